The average Bonchev–Trinajstić information content (AvgIpc) is 2.17. The van der Waals surface area contributed by atoms with Crippen molar-refractivity contribution < 1.29 is 23.5 Å². The highest BCUT2D eigenvalue weighted by Crippen LogP contribution is 2.11. The average molecular weight is 306 g/mol. The molecule has 0 bridgehead atoms. The quantitative estimate of drug-likeness (QED) is 0.483. The van der Waals surface area contributed by atoms with E-state index in [0.717, 1.165) is 0 Å². The zero-order valence-electron chi connectivity index (χ0n) is 7.30. The first-order chi connectivity index (χ1) is 6.08. The molecule has 3 unspecified atom stereocenters. The van der Waals surface area contributed by atoms with Crippen LogP contribution in [0, 0.1) is 0 Å². The second kappa shape index (κ2) is 6.91. The van der Waals surface area contributed by atoms with E-state index in [2.05, 4.69) is 3.07 Å². The molecule has 0 aromatic carbocycles. The lowest BCUT2D eigenvalue weighted by molar-refractivity contribution is -0.0997. The second-order valence-electron chi connectivity index (χ2n) is 2.77. The van der Waals surface area contributed by atoms with Crippen molar-refractivity contribution in [3.8, 4) is 0 Å². The number of hydrogen-bond acceptors (Lipinski definition) is 5. The highest BCUT2D eigenvalue weighted by molar-refractivity contribution is 14.1. The molecule has 4 N–H and O–H groups in total. The van der Waals surface area contributed by atoms with E-state index in [0.29, 0.717) is 6.42 Å². The number of hydrogen-bond donors (Lipinski definition) is 4. The van der Waals surface area contributed by atoms with Crippen molar-refractivity contribution in [2.75, 3.05) is 6.61 Å². The summed E-state index contributed by atoms with van der Waals surface area (Å²) in [5, 5.41) is 36.6. The van der Waals surface area contributed by atoms with E-state index in [-0.39, 0.29) is 0 Å². The molecule has 5 nitrogen and oxygen atoms in total. The molecule has 6 heteroatoms. The fourth-order valence-corrected chi connectivity index (χ4v) is 1.34. The first kappa shape index (κ1) is 13.5. The lowest BCUT2D eigenvalue weighted by Crippen LogP contribution is -2.45. The van der Waals surface area contributed by atoms with Crippen LogP contribution < -0.4 is 0 Å². The highest BCUT2D eigenvalue weighted by Gasteiger charge is 2.30. The van der Waals surface area contributed by atoms with E-state index in [9.17, 15) is 15.3 Å². The molecule has 13 heavy (non-hydrogen) atoms. The Morgan fingerprint density at radius 2 is 1.77 bits per heavy atom. The van der Waals surface area contributed by atoms with Gasteiger partial charge in [-0.15, -0.1) is 0 Å². The molecule has 0 spiro atoms. The van der Waals surface area contributed by atoms with Gasteiger partial charge in [-0.25, -0.2) is 0 Å². The lowest BCUT2D eigenvalue weighted by atomic mass is 10.0. The van der Waals surface area contributed by atoms with Gasteiger partial charge in [0.15, 0.2) is 0 Å². The molecular weight excluding hydrogens is 291 g/mol. The van der Waals surface area contributed by atoms with Gasteiger partial charge in [-0.3, -0.25) is 0 Å². The molecule has 0 aliphatic rings. The Labute approximate surface area is 91.0 Å². The third kappa shape index (κ3) is 4.05. The van der Waals surface area contributed by atoms with Crippen LogP contribution in [0.15, 0.2) is 0 Å². The molecule has 0 aliphatic carbocycles. The summed E-state index contributed by atoms with van der Waals surface area (Å²) in [4.78, 5) is 0. The maximum atomic E-state index is 9.38. The summed E-state index contributed by atoms with van der Waals surface area (Å²) in [7, 11) is 0. The number of aliphatic hydroxyl groups is 4. The summed E-state index contributed by atoms with van der Waals surface area (Å²) in [6.07, 6.45) is -4.13. The zero-order valence-corrected chi connectivity index (χ0v) is 9.46. The smallest absolute Gasteiger partial charge is 0.121 e. The summed E-state index contributed by atoms with van der Waals surface area (Å²) in [5.74, 6) is 0. The standard InChI is InChI=1S/C7H15IO5/c1-2-4(10)6(11)7(12)5(3-9)13-8/h4-7,9-12H,2-3H2,1H3/t4-,5?,6?,7?/m0/s1. The van der Waals surface area contributed by atoms with Gasteiger partial charge in [0.2, 0.25) is 0 Å². The normalized spacial score (nSPS) is 20.8. The van der Waals surface area contributed by atoms with Crippen molar-refractivity contribution in [3.05, 3.63) is 0 Å². The minimum atomic E-state index is -1.29. The third-order valence-electron chi connectivity index (χ3n) is 1.84. The number of rotatable bonds is 6. The van der Waals surface area contributed by atoms with E-state index >= 15 is 0 Å². The van der Waals surface area contributed by atoms with Crippen LogP contribution in [0.25, 0.3) is 0 Å². The molecule has 80 valence electrons. The number of aliphatic hydroxyl groups excluding tert-OH is 4. The Hall–Kier alpha value is 0.530. The van der Waals surface area contributed by atoms with E-state index in [1.807, 2.05) is 0 Å². The molecule has 0 aromatic heterocycles. The zero-order chi connectivity index (χ0) is 10.4. The first-order valence-corrected chi connectivity index (χ1v) is 4.89. The van der Waals surface area contributed by atoms with Gasteiger partial charge in [0.25, 0.3) is 0 Å². The van der Waals surface area contributed by atoms with Gasteiger partial charge in [-0.1, -0.05) is 6.92 Å². The molecule has 0 fully saturated rings. The molecule has 0 aliphatic heterocycles. The van der Waals surface area contributed by atoms with Gasteiger partial charge in [0.05, 0.1) is 12.7 Å². The first-order valence-electron chi connectivity index (χ1n) is 4.00. The van der Waals surface area contributed by atoms with E-state index in [1.54, 1.807) is 6.92 Å². The molecular formula is C7H15IO5. The van der Waals surface area contributed by atoms with Gasteiger partial charge in [0.1, 0.15) is 41.3 Å². The molecule has 0 saturated carbocycles. The van der Waals surface area contributed by atoms with Gasteiger partial charge >= 0.3 is 0 Å². The van der Waals surface area contributed by atoms with Crippen molar-refractivity contribution in [1.82, 2.24) is 0 Å². The van der Waals surface area contributed by atoms with Crippen LogP contribution in [0.1, 0.15) is 13.3 Å². The van der Waals surface area contributed by atoms with Crippen LogP contribution in [0.3, 0.4) is 0 Å². The van der Waals surface area contributed by atoms with E-state index in [1.165, 1.54) is 23.0 Å². The molecule has 0 rings (SSSR count). The Morgan fingerprint density at radius 3 is 2.08 bits per heavy atom. The van der Waals surface area contributed by atoms with Crippen LogP contribution >= 0.6 is 23.0 Å². The van der Waals surface area contributed by atoms with Crippen LogP contribution in [0.4, 0.5) is 0 Å². The molecule has 0 aromatic rings. The van der Waals surface area contributed by atoms with E-state index < -0.39 is 31.0 Å². The van der Waals surface area contributed by atoms with Crippen molar-refractivity contribution in [2.45, 2.75) is 37.8 Å². The monoisotopic (exact) mass is 306 g/mol. The van der Waals surface area contributed by atoms with Crippen molar-refractivity contribution in [3.63, 3.8) is 0 Å². The van der Waals surface area contributed by atoms with Crippen LogP contribution in [0.5, 0.6) is 0 Å². The van der Waals surface area contributed by atoms with E-state index in [4.69, 9.17) is 5.11 Å². The predicted molar refractivity (Wildman–Crippen MR) is 54.3 cm³/mol. The summed E-state index contributed by atoms with van der Waals surface area (Å²) in [5.41, 5.74) is 0. The van der Waals surface area contributed by atoms with Crippen molar-refractivity contribution >= 4 is 23.0 Å². The minimum Gasteiger partial charge on any atom is -0.394 e. The molecule has 0 heterocycles. The topological polar surface area (TPSA) is 90.2 Å². The van der Waals surface area contributed by atoms with Gasteiger partial charge in [-0.05, 0) is 6.42 Å². The summed E-state index contributed by atoms with van der Waals surface area (Å²) in [6.45, 7) is 1.27. The number of halogens is 1. The summed E-state index contributed by atoms with van der Waals surface area (Å²) >= 11 is 1.52. The summed E-state index contributed by atoms with van der Waals surface area (Å²) < 4.78 is 4.68. The second-order valence-corrected chi connectivity index (χ2v) is 3.28. The Kier molecular flexibility index (Phi) is 7.19. The molecule has 0 saturated heterocycles. The van der Waals surface area contributed by atoms with Crippen molar-refractivity contribution in [1.29, 1.82) is 0 Å². The SMILES string of the molecule is CC[C@H](O)C(O)C(O)C(CO)OI. The van der Waals surface area contributed by atoms with Crippen molar-refractivity contribution in [2.24, 2.45) is 0 Å². The predicted octanol–water partition coefficient (Wildman–Crippen LogP) is -0.793. The van der Waals surface area contributed by atoms with Crippen LogP contribution in [0.2, 0.25) is 0 Å². The Bertz CT molecular complexity index is 130. The maximum absolute atomic E-state index is 9.38. The summed E-state index contributed by atoms with van der Waals surface area (Å²) in [6, 6.07) is 0. The van der Waals surface area contributed by atoms with Gasteiger partial charge in [0, 0.05) is 0 Å². The van der Waals surface area contributed by atoms with Crippen LogP contribution in [-0.4, -0.2) is 51.4 Å². The molecule has 0 radical (unpaired) electrons. The van der Waals surface area contributed by atoms with Gasteiger partial charge in [-0.2, -0.15) is 0 Å². The Morgan fingerprint density at radius 1 is 1.23 bits per heavy atom. The van der Waals surface area contributed by atoms with Crippen LogP contribution in [-0.2, 0) is 3.07 Å². The third-order valence-corrected chi connectivity index (χ3v) is 2.49. The van der Waals surface area contributed by atoms with Gasteiger partial charge < -0.3 is 23.5 Å². The Balaban J connectivity index is 4.13. The molecule has 4 atom stereocenters. The fourth-order valence-electron chi connectivity index (χ4n) is 0.878. The lowest BCUT2D eigenvalue weighted by Gasteiger charge is -2.26. The molecule has 0 amide bonds. The largest absolute Gasteiger partial charge is 0.394 e. The fraction of sp³-hybridized carbons (Fsp3) is 1.00. The maximum Gasteiger partial charge on any atom is 0.121 e. The highest BCUT2D eigenvalue weighted by atomic mass is 127. The minimum absolute atomic E-state index is 0.331.